The molecule has 1 aromatic heterocycles. The average Bonchev–Trinajstić information content (AvgIpc) is 2.86. The molecule has 0 aliphatic heterocycles. The molecule has 1 N–H and O–H groups in total. The van der Waals surface area contributed by atoms with Gasteiger partial charge in [-0.05, 0) is 55.7 Å². The summed E-state index contributed by atoms with van der Waals surface area (Å²) in [6, 6.07) is 18.3. The van der Waals surface area contributed by atoms with Crippen LogP contribution in [0.25, 0.3) is 11.0 Å². The van der Waals surface area contributed by atoms with Crippen LogP contribution < -0.4 is 15.1 Å². The third-order valence-corrected chi connectivity index (χ3v) is 7.39. The molecule has 0 bridgehead atoms. The van der Waals surface area contributed by atoms with Crippen LogP contribution in [0.3, 0.4) is 0 Å². The number of aryl methyl sites for hydroxylation is 2. The average molecular weight is 506 g/mol. The number of hydrogen-bond acceptors (Lipinski definition) is 6. The van der Waals surface area contributed by atoms with Crippen LogP contribution in [0.15, 0.2) is 86.9 Å². The molecule has 8 heteroatoms. The summed E-state index contributed by atoms with van der Waals surface area (Å²) in [6.45, 7) is 5.70. The van der Waals surface area contributed by atoms with Crippen LogP contribution in [0.5, 0.6) is 5.75 Å². The Bertz CT molecular complexity index is 1560. The lowest BCUT2D eigenvalue weighted by Gasteiger charge is -2.18. The molecule has 0 unspecified atom stereocenters. The van der Waals surface area contributed by atoms with Crippen molar-refractivity contribution in [3.63, 3.8) is 0 Å². The molecule has 7 nitrogen and oxygen atoms in total. The van der Waals surface area contributed by atoms with Crippen LogP contribution in [0.2, 0.25) is 0 Å². The summed E-state index contributed by atoms with van der Waals surface area (Å²) in [5.74, 6) is -0.688. The Labute approximate surface area is 209 Å². The summed E-state index contributed by atoms with van der Waals surface area (Å²) in [5, 5.41) is 0.748. The molecule has 1 atom stereocenters. The van der Waals surface area contributed by atoms with Gasteiger partial charge in [-0.1, -0.05) is 61.4 Å². The lowest BCUT2D eigenvalue weighted by Crippen LogP contribution is -2.36. The largest absolute Gasteiger partial charge is 0.425 e. The number of esters is 1. The Morgan fingerprint density at radius 2 is 1.69 bits per heavy atom. The van der Waals surface area contributed by atoms with E-state index in [0.717, 1.165) is 22.9 Å². The van der Waals surface area contributed by atoms with Gasteiger partial charge in [0.15, 0.2) is 0 Å². The molecule has 4 aromatic rings. The molecule has 0 aliphatic carbocycles. The number of carbonyl (C=O) groups excluding carboxylic acids is 1. The summed E-state index contributed by atoms with van der Waals surface area (Å²) >= 11 is 0. The van der Waals surface area contributed by atoms with E-state index < -0.39 is 27.7 Å². The van der Waals surface area contributed by atoms with Crippen molar-refractivity contribution in [3.8, 4) is 5.75 Å². The van der Waals surface area contributed by atoms with Crippen molar-refractivity contribution in [3.05, 3.63) is 105 Å². The van der Waals surface area contributed by atoms with Crippen LogP contribution in [0.4, 0.5) is 0 Å². The van der Waals surface area contributed by atoms with E-state index in [1.54, 1.807) is 54.6 Å². The fourth-order valence-electron chi connectivity index (χ4n) is 3.99. The summed E-state index contributed by atoms with van der Waals surface area (Å²) in [4.78, 5) is 25.7. The van der Waals surface area contributed by atoms with Crippen molar-refractivity contribution >= 4 is 27.0 Å². The van der Waals surface area contributed by atoms with Crippen molar-refractivity contribution < 1.29 is 22.4 Å². The number of nitrogens with one attached hydrogen (secondary N) is 1. The van der Waals surface area contributed by atoms with Gasteiger partial charge in [-0.3, -0.25) is 0 Å². The fourth-order valence-corrected chi connectivity index (χ4v) is 5.16. The van der Waals surface area contributed by atoms with E-state index in [-0.39, 0.29) is 10.6 Å². The second-order valence-electron chi connectivity index (χ2n) is 8.60. The summed E-state index contributed by atoms with van der Waals surface area (Å²) < 4.78 is 39.6. The van der Waals surface area contributed by atoms with E-state index in [9.17, 15) is 18.0 Å². The molecule has 0 saturated carbocycles. The Balaban J connectivity index is 1.66. The second-order valence-corrected chi connectivity index (χ2v) is 10.3. The maximum Gasteiger partial charge on any atom is 0.339 e. The zero-order valence-corrected chi connectivity index (χ0v) is 21.1. The molecule has 186 valence electrons. The predicted molar refractivity (Wildman–Crippen MR) is 138 cm³/mol. The first-order valence-electron chi connectivity index (χ1n) is 11.6. The van der Waals surface area contributed by atoms with E-state index in [1.807, 2.05) is 20.8 Å². The first-order chi connectivity index (χ1) is 17.2. The van der Waals surface area contributed by atoms with Crippen molar-refractivity contribution in [2.45, 2.75) is 44.6 Å². The monoisotopic (exact) mass is 505 g/mol. The molecule has 0 amide bonds. The SMILES string of the molecule is CCCc1c(C)c2ccc(OC(=O)[C@@H](NS(=O)(=O)c3ccc(C)cc3)c3ccccc3)cc2oc1=O. The third-order valence-electron chi connectivity index (χ3n) is 5.95. The van der Waals surface area contributed by atoms with Gasteiger partial charge in [-0.2, -0.15) is 4.72 Å². The smallest absolute Gasteiger partial charge is 0.339 e. The van der Waals surface area contributed by atoms with Gasteiger partial charge in [-0.15, -0.1) is 0 Å². The number of benzene rings is 3. The Morgan fingerprint density at radius 3 is 2.36 bits per heavy atom. The van der Waals surface area contributed by atoms with Gasteiger partial charge in [0.25, 0.3) is 0 Å². The van der Waals surface area contributed by atoms with Gasteiger partial charge >= 0.3 is 11.6 Å². The molecule has 4 rings (SSSR count). The zero-order chi connectivity index (χ0) is 25.9. The lowest BCUT2D eigenvalue weighted by molar-refractivity contribution is -0.136. The van der Waals surface area contributed by atoms with E-state index in [0.29, 0.717) is 23.1 Å². The second kappa shape index (κ2) is 10.5. The molecule has 36 heavy (non-hydrogen) atoms. The lowest BCUT2D eigenvalue weighted by atomic mass is 10.0. The topological polar surface area (TPSA) is 103 Å². The van der Waals surface area contributed by atoms with Crippen LogP contribution in [-0.4, -0.2) is 14.4 Å². The standard InChI is InChI=1S/C28H27NO6S/c1-4-8-24-19(3)23-16-13-21(17-25(23)35-27(24)30)34-28(31)26(20-9-6-5-7-10-20)29-36(32,33)22-14-11-18(2)12-15-22/h5-7,9-17,26,29H,4,8H2,1-3H3/t26-/m0/s1. The summed E-state index contributed by atoms with van der Waals surface area (Å²) in [5.41, 5.74) is 2.66. The van der Waals surface area contributed by atoms with Crippen LogP contribution in [-0.2, 0) is 21.2 Å². The minimum absolute atomic E-state index is 0.0349. The van der Waals surface area contributed by atoms with Crippen molar-refractivity contribution in [2.75, 3.05) is 0 Å². The molecule has 3 aromatic carbocycles. The number of hydrogen-bond donors (Lipinski definition) is 1. The first kappa shape index (κ1) is 25.3. The zero-order valence-electron chi connectivity index (χ0n) is 20.3. The van der Waals surface area contributed by atoms with Crippen LogP contribution in [0.1, 0.15) is 41.6 Å². The molecule has 0 saturated heterocycles. The molecule has 0 radical (unpaired) electrons. The quantitative estimate of drug-likeness (QED) is 0.206. The van der Waals surface area contributed by atoms with Crippen LogP contribution in [0, 0.1) is 13.8 Å². The highest BCUT2D eigenvalue weighted by atomic mass is 32.2. The first-order valence-corrected chi connectivity index (χ1v) is 13.1. The Morgan fingerprint density at radius 1 is 1.00 bits per heavy atom. The number of sulfonamides is 1. The Kier molecular flexibility index (Phi) is 7.37. The minimum atomic E-state index is -4.03. The van der Waals surface area contributed by atoms with Gasteiger partial charge in [-0.25, -0.2) is 18.0 Å². The van der Waals surface area contributed by atoms with Gasteiger partial charge in [0, 0.05) is 17.0 Å². The maximum absolute atomic E-state index is 13.2. The molecular weight excluding hydrogens is 478 g/mol. The Hall–Kier alpha value is -3.75. The van der Waals surface area contributed by atoms with E-state index in [4.69, 9.17) is 9.15 Å². The van der Waals surface area contributed by atoms with Gasteiger partial charge in [0.05, 0.1) is 4.90 Å². The normalized spacial score (nSPS) is 12.4. The van der Waals surface area contributed by atoms with Crippen molar-refractivity contribution in [1.29, 1.82) is 0 Å². The number of fused-ring (bicyclic) bond motifs is 1. The summed E-state index contributed by atoms with van der Waals surface area (Å²) in [6.07, 6.45) is 1.42. The van der Waals surface area contributed by atoms with E-state index >= 15 is 0 Å². The number of carbonyl (C=O) groups is 1. The van der Waals surface area contributed by atoms with Crippen molar-refractivity contribution in [1.82, 2.24) is 4.72 Å². The van der Waals surface area contributed by atoms with E-state index in [1.165, 1.54) is 18.2 Å². The molecule has 0 fully saturated rings. The molecule has 0 aliphatic rings. The van der Waals surface area contributed by atoms with Gasteiger partial charge in [0.1, 0.15) is 17.4 Å². The highest BCUT2D eigenvalue weighted by Gasteiger charge is 2.29. The predicted octanol–water partition coefficient (Wildman–Crippen LogP) is 4.99. The highest BCUT2D eigenvalue weighted by Crippen LogP contribution is 2.26. The molecule has 1 heterocycles. The third kappa shape index (κ3) is 5.40. The van der Waals surface area contributed by atoms with Gasteiger partial charge in [0.2, 0.25) is 10.0 Å². The maximum atomic E-state index is 13.2. The number of rotatable bonds is 8. The summed E-state index contributed by atoms with van der Waals surface area (Å²) in [7, 11) is -4.03. The number of ether oxygens (including phenoxy) is 1. The molecular formula is C28H27NO6S. The highest BCUT2D eigenvalue weighted by molar-refractivity contribution is 7.89. The van der Waals surface area contributed by atoms with Crippen LogP contribution >= 0.6 is 0 Å². The fraction of sp³-hybridized carbons (Fsp3) is 0.214. The van der Waals surface area contributed by atoms with E-state index in [2.05, 4.69) is 4.72 Å². The van der Waals surface area contributed by atoms with Crippen molar-refractivity contribution in [2.24, 2.45) is 0 Å². The van der Waals surface area contributed by atoms with Gasteiger partial charge < -0.3 is 9.15 Å². The molecule has 0 spiro atoms. The minimum Gasteiger partial charge on any atom is -0.425 e.